The van der Waals surface area contributed by atoms with Crippen LogP contribution in [0.15, 0.2) is 24.3 Å². The molecule has 0 bridgehead atoms. The minimum Gasteiger partial charge on any atom is -0.497 e. The lowest BCUT2D eigenvalue weighted by molar-refractivity contribution is -0.152. The van der Waals surface area contributed by atoms with Gasteiger partial charge in [-0.05, 0) is 50.0 Å². The Bertz CT molecular complexity index is 436. The molecule has 1 heterocycles. The van der Waals surface area contributed by atoms with Crippen LogP contribution in [0.3, 0.4) is 0 Å². The lowest BCUT2D eigenvalue weighted by atomic mass is 9.73. The molecule has 0 radical (unpaired) electrons. The molecule has 1 aromatic carbocycles. The molecule has 1 saturated heterocycles. The van der Waals surface area contributed by atoms with E-state index in [1.807, 2.05) is 31.2 Å². The molecule has 4 heteroatoms. The maximum absolute atomic E-state index is 12.6. The Balaban J connectivity index is 2.27. The van der Waals surface area contributed by atoms with Crippen LogP contribution in [0.2, 0.25) is 0 Å². The normalized spacial score (nSPS) is 17.5. The fourth-order valence-corrected chi connectivity index (χ4v) is 2.71. The van der Waals surface area contributed by atoms with E-state index in [4.69, 9.17) is 9.47 Å². The highest BCUT2D eigenvalue weighted by atomic mass is 16.5. The quantitative estimate of drug-likeness (QED) is 0.839. The predicted molar refractivity (Wildman–Crippen MR) is 78.0 cm³/mol. The Morgan fingerprint density at radius 1 is 1.25 bits per heavy atom. The van der Waals surface area contributed by atoms with Crippen molar-refractivity contribution in [2.24, 2.45) is 0 Å². The molecule has 110 valence electrons. The number of rotatable bonds is 5. The largest absolute Gasteiger partial charge is 0.497 e. The van der Waals surface area contributed by atoms with Crippen LogP contribution >= 0.6 is 0 Å². The molecule has 4 nitrogen and oxygen atoms in total. The number of carbonyl (C=O) groups is 1. The first-order valence-electron chi connectivity index (χ1n) is 7.25. The third kappa shape index (κ3) is 2.96. The highest BCUT2D eigenvalue weighted by Gasteiger charge is 2.42. The third-order valence-corrected chi connectivity index (χ3v) is 3.93. The van der Waals surface area contributed by atoms with Gasteiger partial charge in [-0.15, -0.1) is 0 Å². The lowest BCUT2D eigenvalue weighted by Gasteiger charge is -2.35. The Kier molecular flexibility index (Phi) is 5.01. The molecule has 0 aliphatic carbocycles. The molecule has 0 saturated carbocycles. The van der Waals surface area contributed by atoms with Gasteiger partial charge in [0.2, 0.25) is 0 Å². The number of nitrogens with one attached hydrogen (secondary N) is 1. The zero-order valence-corrected chi connectivity index (χ0v) is 12.3. The molecule has 20 heavy (non-hydrogen) atoms. The number of esters is 1. The molecule has 0 unspecified atom stereocenters. The van der Waals surface area contributed by atoms with Gasteiger partial charge in [0, 0.05) is 0 Å². The van der Waals surface area contributed by atoms with E-state index in [-0.39, 0.29) is 5.97 Å². The summed E-state index contributed by atoms with van der Waals surface area (Å²) < 4.78 is 10.6. The molecule has 0 atom stereocenters. The van der Waals surface area contributed by atoms with E-state index in [1.54, 1.807) is 7.11 Å². The summed E-state index contributed by atoms with van der Waals surface area (Å²) in [4.78, 5) is 12.6. The number of carbonyl (C=O) groups excluding carboxylic acids is 1. The van der Waals surface area contributed by atoms with E-state index < -0.39 is 5.41 Å². The number of hydrogen-bond donors (Lipinski definition) is 1. The topological polar surface area (TPSA) is 47.6 Å². The first kappa shape index (κ1) is 14.9. The summed E-state index contributed by atoms with van der Waals surface area (Å²) in [6, 6.07) is 7.78. The Morgan fingerprint density at radius 3 is 2.45 bits per heavy atom. The summed E-state index contributed by atoms with van der Waals surface area (Å²) in [6.45, 7) is 4.18. The SMILES string of the molecule is CCCOC(=O)C1(c2ccc(OC)cc2)CCNCC1. The maximum Gasteiger partial charge on any atom is 0.316 e. The van der Waals surface area contributed by atoms with E-state index in [9.17, 15) is 4.79 Å². The van der Waals surface area contributed by atoms with Crippen molar-refractivity contribution in [1.29, 1.82) is 0 Å². The number of ether oxygens (including phenoxy) is 2. The minimum absolute atomic E-state index is 0.0917. The molecule has 0 amide bonds. The molecule has 1 aliphatic rings. The number of piperidine rings is 1. The Labute approximate surface area is 120 Å². The van der Waals surface area contributed by atoms with Crippen molar-refractivity contribution in [3.63, 3.8) is 0 Å². The molecule has 0 spiro atoms. The van der Waals surface area contributed by atoms with Gasteiger partial charge in [-0.25, -0.2) is 0 Å². The average Bonchev–Trinajstić information content (AvgIpc) is 2.53. The minimum atomic E-state index is -0.507. The molecule has 0 aromatic heterocycles. The van der Waals surface area contributed by atoms with Crippen molar-refractivity contribution in [1.82, 2.24) is 5.32 Å². The van der Waals surface area contributed by atoms with Crippen LogP contribution in [0.5, 0.6) is 5.75 Å². The second-order valence-electron chi connectivity index (χ2n) is 5.20. The van der Waals surface area contributed by atoms with Crippen LogP contribution in [0.25, 0.3) is 0 Å². The van der Waals surface area contributed by atoms with Gasteiger partial charge >= 0.3 is 5.97 Å². The molecule has 1 N–H and O–H groups in total. The monoisotopic (exact) mass is 277 g/mol. The van der Waals surface area contributed by atoms with E-state index in [0.717, 1.165) is 43.7 Å². The lowest BCUT2D eigenvalue weighted by Crippen LogP contribution is -2.46. The van der Waals surface area contributed by atoms with Gasteiger partial charge in [0.1, 0.15) is 5.75 Å². The van der Waals surface area contributed by atoms with E-state index >= 15 is 0 Å². The van der Waals surface area contributed by atoms with Gasteiger partial charge in [-0.3, -0.25) is 4.79 Å². The van der Waals surface area contributed by atoms with E-state index in [1.165, 1.54) is 0 Å². The summed E-state index contributed by atoms with van der Waals surface area (Å²) >= 11 is 0. The first-order valence-corrected chi connectivity index (χ1v) is 7.25. The summed E-state index contributed by atoms with van der Waals surface area (Å²) in [5.41, 5.74) is 0.521. The van der Waals surface area contributed by atoms with Gasteiger partial charge in [0.15, 0.2) is 0 Å². The fourth-order valence-electron chi connectivity index (χ4n) is 2.71. The molecular formula is C16H23NO3. The van der Waals surface area contributed by atoms with Crippen molar-refractivity contribution in [2.45, 2.75) is 31.6 Å². The van der Waals surface area contributed by atoms with Crippen molar-refractivity contribution in [2.75, 3.05) is 26.8 Å². The van der Waals surface area contributed by atoms with Crippen molar-refractivity contribution in [3.8, 4) is 5.75 Å². The average molecular weight is 277 g/mol. The summed E-state index contributed by atoms with van der Waals surface area (Å²) in [5.74, 6) is 0.714. The zero-order valence-electron chi connectivity index (χ0n) is 12.3. The molecular weight excluding hydrogens is 254 g/mol. The number of benzene rings is 1. The summed E-state index contributed by atoms with van der Waals surface area (Å²) in [5, 5.41) is 3.31. The van der Waals surface area contributed by atoms with Crippen LogP contribution in [0.1, 0.15) is 31.7 Å². The van der Waals surface area contributed by atoms with Gasteiger partial charge in [0.05, 0.1) is 19.1 Å². The zero-order chi connectivity index (χ0) is 14.4. The standard InChI is InChI=1S/C16H23NO3/c1-3-12-20-15(18)16(8-10-17-11-9-16)13-4-6-14(19-2)7-5-13/h4-7,17H,3,8-12H2,1-2H3. The Hall–Kier alpha value is -1.55. The Morgan fingerprint density at radius 2 is 1.90 bits per heavy atom. The van der Waals surface area contributed by atoms with Crippen molar-refractivity contribution >= 4 is 5.97 Å². The van der Waals surface area contributed by atoms with Crippen LogP contribution in [-0.2, 0) is 14.9 Å². The molecule has 1 aliphatic heterocycles. The van der Waals surface area contributed by atoms with E-state index in [2.05, 4.69) is 5.32 Å². The van der Waals surface area contributed by atoms with Crippen LogP contribution in [-0.4, -0.2) is 32.8 Å². The highest BCUT2D eigenvalue weighted by molar-refractivity contribution is 5.83. The van der Waals surface area contributed by atoms with Gasteiger partial charge in [-0.1, -0.05) is 19.1 Å². The highest BCUT2D eigenvalue weighted by Crippen LogP contribution is 2.35. The smallest absolute Gasteiger partial charge is 0.316 e. The summed E-state index contributed by atoms with van der Waals surface area (Å²) in [7, 11) is 1.64. The maximum atomic E-state index is 12.6. The second-order valence-corrected chi connectivity index (χ2v) is 5.20. The molecule has 1 aromatic rings. The van der Waals surface area contributed by atoms with Crippen molar-refractivity contribution < 1.29 is 14.3 Å². The van der Waals surface area contributed by atoms with Gasteiger partial charge in [0.25, 0.3) is 0 Å². The van der Waals surface area contributed by atoms with Crippen LogP contribution < -0.4 is 10.1 Å². The number of hydrogen-bond acceptors (Lipinski definition) is 4. The van der Waals surface area contributed by atoms with Gasteiger partial charge < -0.3 is 14.8 Å². The first-order chi connectivity index (χ1) is 9.73. The molecule has 1 fully saturated rings. The summed E-state index contributed by atoms with van der Waals surface area (Å²) in [6.07, 6.45) is 2.41. The van der Waals surface area contributed by atoms with Crippen LogP contribution in [0.4, 0.5) is 0 Å². The van der Waals surface area contributed by atoms with Gasteiger partial charge in [-0.2, -0.15) is 0 Å². The predicted octanol–water partition coefficient (Wildman–Crippen LogP) is 2.27. The van der Waals surface area contributed by atoms with Crippen molar-refractivity contribution in [3.05, 3.63) is 29.8 Å². The van der Waals surface area contributed by atoms with Crippen LogP contribution in [0, 0.1) is 0 Å². The number of methoxy groups -OCH3 is 1. The second kappa shape index (κ2) is 6.75. The fraction of sp³-hybridized carbons (Fsp3) is 0.562. The van der Waals surface area contributed by atoms with E-state index in [0.29, 0.717) is 6.61 Å². The third-order valence-electron chi connectivity index (χ3n) is 3.93. The molecule has 2 rings (SSSR count).